The molecule has 0 radical (unpaired) electrons. The Morgan fingerprint density at radius 1 is 0.765 bits per heavy atom. The largest absolute Gasteiger partial charge is 0.248 e. The molecule has 0 aromatic carbocycles. The topological polar surface area (TPSA) is 0 Å². The molecule has 1 fully saturated rings. The molecule has 0 N–H and O–H groups in total. The molecule has 0 spiro atoms. The van der Waals surface area contributed by atoms with Crippen LogP contribution in [0.4, 0.5) is 26.3 Å². The summed E-state index contributed by atoms with van der Waals surface area (Å²) in [5.74, 6) is 0. The first-order chi connectivity index (χ1) is 7.15. The van der Waals surface area contributed by atoms with E-state index in [1.165, 1.54) is 0 Å². The van der Waals surface area contributed by atoms with Crippen LogP contribution in [-0.2, 0) is 0 Å². The normalized spacial score (nSPS) is 64.6. The van der Waals surface area contributed by atoms with Crippen LogP contribution in [-0.4, -0.2) is 57.8 Å². The second-order valence-electron chi connectivity index (χ2n) is 5.52. The van der Waals surface area contributed by atoms with Crippen molar-refractivity contribution in [3.05, 3.63) is 0 Å². The smallest absolute Gasteiger partial charge is 0.172 e. The van der Waals surface area contributed by atoms with Crippen LogP contribution in [0.15, 0.2) is 0 Å². The number of rotatable bonds is 0. The maximum Gasteiger partial charge on any atom is 0.172 e. The van der Waals surface area contributed by atoms with Crippen molar-refractivity contribution >= 4 is 23.5 Å². The Hall–Kier alpha value is -0.225. The van der Waals surface area contributed by atoms with E-state index in [2.05, 4.69) is 0 Å². The molecule has 0 saturated heterocycles. The van der Waals surface area contributed by atoms with Crippen LogP contribution in [0.2, 0.25) is 0 Å². The van der Waals surface area contributed by atoms with Crippen LogP contribution in [0.1, 0.15) is 13.8 Å². The van der Waals surface area contributed by atoms with Gasteiger partial charge >= 0.3 is 0 Å². The second kappa shape index (κ2) is 3.21. The van der Waals surface area contributed by atoms with Gasteiger partial charge in [-0.25, -0.2) is 26.3 Å². The van der Waals surface area contributed by atoms with Gasteiger partial charge in [0.2, 0.25) is 0 Å². The molecular formula is C8H13B3F6. The Kier molecular flexibility index (Phi) is 2.80. The molecule has 1 aliphatic carbocycles. The van der Waals surface area contributed by atoms with Crippen molar-refractivity contribution in [2.75, 3.05) is 0 Å². The molecule has 0 bridgehead atoms. The molecule has 0 heterocycles. The van der Waals surface area contributed by atoms with E-state index in [9.17, 15) is 26.3 Å². The molecular weight excluding hydrogens is 243 g/mol. The zero-order valence-corrected chi connectivity index (χ0v) is 10.3. The summed E-state index contributed by atoms with van der Waals surface area (Å²) in [5.41, 5.74) is -17.4. The summed E-state index contributed by atoms with van der Waals surface area (Å²) >= 11 is 0. The third kappa shape index (κ3) is 1.31. The van der Waals surface area contributed by atoms with Gasteiger partial charge < -0.3 is 0 Å². The maximum atomic E-state index is 14.2. The standard InChI is InChI=1S/C8H13B3F6/c1-4(13)5(2,14)8(11,17)7(10,16)3(12)6(4,9)15/h3H,9-11H2,1-2H3. The Balaban J connectivity index is 3.56. The lowest BCUT2D eigenvalue weighted by Crippen LogP contribution is -2.83. The van der Waals surface area contributed by atoms with Gasteiger partial charge in [-0.2, -0.15) is 0 Å². The van der Waals surface area contributed by atoms with Gasteiger partial charge in [0.1, 0.15) is 16.7 Å². The minimum atomic E-state index is -3.50. The van der Waals surface area contributed by atoms with Gasteiger partial charge in [-0.1, -0.05) is 0 Å². The molecule has 0 aromatic rings. The lowest BCUT2D eigenvalue weighted by molar-refractivity contribution is -0.232. The van der Waals surface area contributed by atoms with Crippen molar-refractivity contribution in [2.24, 2.45) is 0 Å². The summed E-state index contributed by atoms with van der Waals surface area (Å²) in [5, 5.41) is 0. The summed E-state index contributed by atoms with van der Waals surface area (Å²) in [6, 6.07) is 0. The van der Waals surface area contributed by atoms with Gasteiger partial charge in [-0.15, -0.1) is 0 Å². The highest BCUT2D eigenvalue weighted by Gasteiger charge is 2.81. The number of halogens is 6. The van der Waals surface area contributed by atoms with E-state index in [1.807, 2.05) is 0 Å². The van der Waals surface area contributed by atoms with E-state index in [1.54, 1.807) is 0 Å². The van der Waals surface area contributed by atoms with Gasteiger partial charge in [0, 0.05) is 0 Å². The summed E-state index contributed by atoms with van der Waals surface area (Å²) in [6.07, 6.45) is -3.11. The third-order valence-corrected chi connectivity index (χ3v) is 4.55. The molecule has 0 aliphatic heterocycles. The predicted molar refractivity (Wildman–Crippen MR) is 61.1 cm³/mol. The van der Waals surface area contributed by atoms with Gasteiger partial charge in [0.15, 0.2) is 41.0 Å². The molecule has 1 aliphatic rings. The fraction of sp³-hybridized carbons (Fsp3) is 1.00. The Labute approximate surface area is 98.7 Å². The second-order valence-corrected chi connectivity index (χ2v) is 5.52. The molecule has 1 saturated carbocycles. The van der Waals surface area contributed by atoms with Crippen molar-refractivity contribution in [3.63, 3.8) is 0 Å². The van der Waals surface area contributed by atoms with Crippen molar-refractivity contribution < 1.29 is 26.3 Å². The van der Waals surface area contributed by atoms with E-state index in [0.717, 1.165) is 0 Å². The zero-order valence-electron chi connectivity index (χ0n) is 10.3. The highest BCUT2D eigenvalue weighted by Crippen LogP contribution is 2.59. The van der Waals surface area contributed by atoms with Gasteiger partial charge in [-0.3, -0.25) is 0 Å². The minimum absolute atomic E-state index is 0.405. The molecule has 1 rings (SSSR count). The first-order valence-electron chi connectivity index (χ1n) is 5.24. The SMILES string of the molecule is BC1(F)C(F)C(B)(F)C(C)(F)C(C)(F)C1(B)F. The summed E-state index contributed by atoms with van der Waals surface area (Å²) in [6.45, 7) is 0.821. The van der Waals surface area contributed by atoms with Gasteiger partial charge in [0.05, 0.1) is 0 Å². The number of alkyl halides is 6. The maximum absolute atomic E-state index is 14.2. The van der Waals surface area contributed by atoms with Crippen LogP contribution in [0.25, 0.3) is 0 Å². The molecule has 0 aromatic heterocycles. The minimum Gasteiger partial charge on any atom is -0.248 e. The Morgan fingerprint density at radius 3 is 1.47 bits per heavy atom. The monoisotopic (exact) mass is 256 g/mol. The van der Waals surface area contributed by atoms with Crippen LogP contribution in [0.5, 0.6) is 0 Å². The Bertz CT molecular complexity index is 308. The van der Waals surface area contributed by atoms with Gasteiger partial charge in [0.25, 0.3) is 0 Å². The van der Waals surface area contributed by atoms with E-state index >= 15 is 0 Å². The zero-order chi connectivity index (χ0) is 14.1. The fourth-order valence-electron chi connectivity index (χ4n) is 2.34. The van der Waals surface area contributed by atoms with E-state index < -0.39 is 34.2 Å². The van der Waals surface area contributed by atoms with E-state index in [0.29, 0.717) is 37.4 Å². The van der Waals surface area contributed by atoms with Crippen molar-refractivity contribution in [3.8, 4) is 0 Å². The van der Waals surface area contributed by atoms with Crippen molar-refractivity contribution in [1.29, 1.82) is 0 Å². The summed E-state index contributed by atoms with van der Waals surface area (Å²) in [7, 11) is 1.22. The van der Waals surface area contributed by atoms with E-state index in [4.69, 9.17) is 0 Å². The fourth-order valence-corrected chi connectivity index (χ4v) is 2.34. The predicted octanol–water partition coefficient (Wildman–Crippen LogP) is -0.309. The lowest BCUT2D eigenvalue weighted by atomic mass is 9.40. The van der Waals surface area contributed by atoms with E-state index in [-0.39, 0.29) is 0 Å². The number of hydrogen-bond donors (Lipinski definition) is 0. The Morgan fingerprint density at radius 2 is 1.12 bits per heavy atom. The molecule has 0 nitrogen and oxygen atoms in total. The molecule has 0 amide bonds. The van der Waals surface area contributed by atoms with Crippen LogP contribution >= 0.6 is 0 Å². The van der Waals surface area contributed by atoms with Crippen LogP contribution in [0.3, 0.4) is 0 Å². The average molecular weight is 256 g/mol. The highest BCUT2D eigenvalue weighted by molar-refractivity contribution is 6.28. The molecule has 6 unspecified atom stereocenters. The van der Waals surface area contributed by atoms with Gasteiger partial charge in [-0.05, 0) is 13.8 Å². The molecule has 6 atom stereocenters. The van der Waals surface area contributed by atoms with Crippen LogP contribution < -0.4 is 0 Å². The summed E-state index contributed by atoms with van der Waals surface area (Å²) < 4.78 is 84.1. The average Bonchev–Trinajstić information content (AvgIpc) is 2.13. The summed E-state index contributed by atoms with van der Waals surface area (Å²) in [4.78, 5) is 0. The first-order valence-corrected chi connectivity index (χ1v) is 5.24. The lowest BCUT2D eigenvalue weighted by Gasteiger charge is -2.59. The highest BCUT2D eigenvalue weighted by atomic mass is 19.2. The van der Waals surface area contributed by atoms with Crippen LogP contribution in [0, 0.1) is 0 Å². The molecule has 96 valence electrons. The third-order valence-electron chi connectivity index (χ3n) is 4.55. The molecule has 17 heavy (non-hydrogen) atoms. The molecule has 9 heteroatoms. The van der Waals surface area contributed by atoms with Crippen molar-refractivity contribution in [1.82, 2.24) is 0 Å². The van der Waals surface area contributed by atoms with Crippen molar-refractivity contribution in [2.45, 2.75) is 48.1 Å². The first kappa shape index (κ1) is 14.8. The quantitative estimate of drug-likeness (QED) is 0.412. The number of hydrogen-bond acceptors (Lipinski definition) is 0.